The van der Waals surface area contributed by atoms with Gasteiger partial charge in [0.15, 0.2) is 0 Å². The smallest absolute Gasteiger partial charge is 0.224 e. The zero-order valence-corrected chi connectivity index (χ0v) is 16.3. The SMILES string of the molecule is CCCCCC(=O)Nc1cc(OCC)c(N2CCOCC2)cc1OCC. The summed E-state index contributed by atoms with van der Waals surface area (Å²) in [5.41, 5.74) is 1.66. The molecule has 1 heterocycles. The van der Waals surface area contributed by atoms with Gasteiger partial charge in [-0.3, -0.25) is 4.79 Å². The van der Waals surface area contributed by atoms with Crippen LogP contribution in [0.25, 0.3) is 0 Å². The highest BCUT2D eigenvalue weighted by Crippen LogP contribution is 2.39. The molecule has 0 saturated carbocycles. The Morgan fingerprint density at radius 2 is 1.77 bits per heavy atom. The molecule has 0 bridgehead atoms. The zero-order valence-electron chi connectivity index (χ0n) is 16.3. The summed E-state index contributed by atoms with van der Waals surface area (Å²) >= 11 is 0. The van der Waals surface area contributed by atoms with Crippen LogP contribution in [0.5, 0.6) is 11.5 Å². The van der Waals surface area contributed by atoms with Gasteiger partial charge < -0.3 is 24.4 Å². The second-order valence-electron chi connectivity index (χ2n) is 6.29. The van der Waals surface area contributed by atoms with E-state index in [4.69, 9.17) is 14.2 Å². The number of amides is 1. The number of hydrogen-bond acceptors (Lipinski definition) is 5. The first-order chi connectivity index (χ1) is 12.7. The van der Waals surface area contributed by atoms with E-state index in [0.717, 1.165) is 43.8 Å². The number of ether oxygens (including phenoxy) is 3. The molecule has 1 aromatic carbocycles. The van der Waals surface area contributed by atoms with Crippen LogP contribution in [0.15, 0.2) is 12.1 Å². The van der Waals surface area contributed by atoms with Gasteiger partial charge >= 0.3 is 0 Å². The van der Waals surface area contributed by atoms with Crippen LogP contribution in [0.4, 0.5) is 11.4 Å². The fourth-order valence-electron chi connectivity index (χ4n) is 2.99. The Balaban J connectivity index is 2.24. The third kappa shape index (κ3) is 5.80. The van der Waals surface area contributed by atoms with Crippen LogP contribution < -0.4 is 19.7 Å². The number of unbranched alkanes of at least 4 members (excludes halogenated alkanes) is 2. The number of carbonyl (C=O) groups is 1. The highest BCUT2D eigenvalue weighted by atomic mass is 16.5. The van der Waals surface area contributed by atoms with E-state index in [9.17, 15) is 4.79 Å². The molecule has 1 aromatic rings. The van der Waals surface area contributed by atoms with Crippen molar-refractivity contribution in [2.45, 2.75) is 46.5 Å². The molecule has 1 aliphatic rings. The second kappa shape index (κ2) is 10.9. The van der Waals surface area contributed by atoms with Crippen molar-refractivity contribution >= 4 is 17.3 Å². The first kappa shape index (κ1) is 20.4. The minimum Gasteiger partial charge on any atom is -0.492 e. The van der Waals surface area contributed by atoms with E-state index in [-0.39, 0.29) is 5.91 Å². The summed E-state index contributed by atoms with van der Waals surface area (Å²) in [6.07, 6.45) is 3.58. The van der Waals surface area contributed by atoms with Crippen molar-refractivity contribution in [2.75, 3.05) is 49.7 Å². The fourth-order valence-corrected chi connectivity index (χ4v) is 2.99. The molecular formula is C20H32N2O4. The molecule has 0 unspecified atom stereocenters. The lowest BCUT2D eigenvalue weighted by atomic mass is 10.1. The lowest BCUT2D eigenvalue weighted by Crippen LogP contribution is -2.36. The normalized spacial score (nSPS) is 14.2. The Morgan fingerprint density at radius 1 is 1.08 bits per heavy atom. The standard InChI is InChI=1S/C20H32N2O4/c1-4-7-8-9-20(23)21-16-14-19(26-6-3)17(15-18(16)25-5-2)22-10-12-24-13-11-22/h14-15H,4-13H2,1-3H3,(H,21,23). The molecule has 146 valence electrons. The molecule has 0 spiro atoms. The van der Waals surface area contributed by atoms with Gasteiger partial charge in [-0.05, 0) is 20.3 Å². The topological polar surface area (TPSA) is 60.0 Å². The predicted octanol–water partition coefficient (Wildman–Crippen LogP) is 3.84. The van der Waals surface area contributed by atoms with E-state index in [0.29, 0.717) is 44.3 Å². The maximum absolute atomic E-state index is 12.3. The Kier molecular flexibility index (Phi) is 8.54. The third-order valence-electron chi connectivity index (χ3n) is 4.29. The van der Waals surface area contributed by atoms with Gasteiger partial charge in [-0.25, -0.2) is 0 Å². The molecule has 0 aromatic heterocycles. The van der Waals surface area contributed by atoms with E-state index in [1.807, 2.05) is 26.0 Å². The monoisotopic (exact) mass is 364 g/mol. The predicted molar refractivity (Wildman–Crippen MR) is 105 cm³/mol. The number of rotatable bonds is 10. The molecule has 26 heavy (non-hydrogen) atoms. The van der Waals surface area contributed by atoms with Crippen molar-refractivity contribution < 1.29 is 19.0 Å². The van der Waals surface area contributed by atoms with Crippen LogP contribution in [-0.2, 0) is 9.53 Å². The van der Waals surface area contributed by atoms with Crippen molar-refractivity contribution in [3.63, 3.8) is 0 Å². The van der Waals surface area contributed by atoms with Crippen molar-refractivity contribution in [1.82, 2.24) is 0 Å². The van der Waals surface area contributed by atoms with Crippen molar-refractivity contribution in [3.05, 3.63) is 12.1 Å². The summed E-state index contributed by atoms with van der Waals surface area (Å²) in [6.45, 7) is 10.2. The summed E-state index contributed by atoms with van der Waals surface area (Å²) in [6, 6.07) is 3.86. The number of morpholine rings is 1. The number of benzene rings is 1. The van der Waals surface area contributed by atoms with Gasteiger partial charge in [-0.1, -0.05) is 19.8 Å². The molecule has 1 amide bonds. The molecule has 0 aliphatic carbocycles. The van der Waals surface area contributed by atoms with Gasteiger partial charge in [0.2, 0.25) is 5.91 Å². The lowest BCUT2D eigenvalue weighted by Gasteiger charge is -2.31. The largest absolute Gasteiger partial charge is 0.492 e. The van der Waals surface area contributed by atoms with E-state index in [2.05, 4.69) is 17.1 Å². The average Bonchev–Trinajstić information content (AvgIpc) is 2.65. The molecule has 1 saturated heterocycles. The summed E-state index contributed by atoms with van der Waals surface area (Å²) in [5, 5.41) is 3.00. The maximum atomic E-state index is 12.3. The molecule has 1 aliphatic heterocycles. The van der Waals surface area contributed by atoms with Crippen molar-refractivity contribution in [1.29, 1.82) is 0 Å². The zero-order chi connectivity index (χ0) is 18.8. The summed E-state index contributed by atoms with van der Waals surface area (Å²) < 4.78 is 17.1. The van der Waals surface area contributed by atoms with E-state index < -0.39 is 0 Å². The van der Waals surface area contributed by atoms with Gasteiger partial charge in [0, 0.05) is 31.6 Å². The second-order valence-corrected chi connectivity index (χ2v) is 6.29. The third-order valence-corrected chi connectivity index (χ3v) is 4.29. The molecular weight excluding hydrogens is 332 g/mol. The summed E-state index contributed by atoms with van der Waals surface area (Å²) in [5.74, 6) is 1.46. The van der Waals surface area contributed by atoms with E-state index in [1.165, 1.54) is 0 Å². The molecule has 6 nitrogen and oxygen atoms in total. The van der Waals surface area contributed by atoms with Gasteiger partial charge in [-0.15, -0.1) is 0 Å². The minimum atomic E-state index is 0.0148. The van der Waals surface area contributed by atoms with Crippen LogP contribution in [0.2, 0.25) is 0 Å². The van der Waals surface area contributed by atoms with E-state index >= 15 is 0 Å². The Bertz CT molecular complexity index is 571. The first-order valence-electron chi connectivity index (χ1n) is 9.75. The van der Waals surface area contributed by atoms with Gasteiger partial charge in [0.05, 0.1) is 37.8 Å². The first-order valence-corrected chi connectivity index (χ1v) is 9.75. The average molecular weight is 364 g/mol. The van der Waals surface area contributed by atoms with Gasteiger partial charge in [0.25, 0.3) is 0 Å². The van der Waals surface area contributed by atoms with Crippen LogP contribution in [-0.4, -0.2) is 45.4 Å². The molecule has 1 N–H and O–H groups in total. The Labute approximate surface area is 156 Å². The molecule has 2 rings (SSSR count). The molecule has 0 radical (unpaired) electrons. The number of hydrogen-bond donors (Lipinski definition) is 1. The van der Waals surface area contributed by atoms with Crippen molar-refractivity contribution in [2.24, 2.45) is 0 Å². The van der Waals surface area contributed by atoms with Crippen LogP contribution >= 0.6 is 0 Å². The number of carbonyl (C=O) groups excluding carboxylic acids is 1. The molecule has 1 fully saturated rings. The van der Waals surface area contributed by atoms with E-state index in [1.54, 1.807) is 0 Å². The highest BCUT2D eigenvalue weighted by Gasteiger charge is 2.20. The molecule has 6 heteroatoms. The van der Waals surface area contributed by atoms with Gasteiger partial charge in [-0.2, -0.15) is 0 Å². The van der Waals surface area contributed by atoms with Crippen LogP contribution in [0.1, 0.15) is 46.5 Å². The number of nitrogens with one attached hydrogen (secondary N) is 1. The highest BCUT2D eigenvalue weighted by molar-refractivity contribution is 5.93. The fraction of sp³-hybridized carbons (Fsp3) is 0.650. The van der Waals surface area contributed by atoms with Gasteiger partial charge in [0.1, 0.15) is 11.5 Å². The van der Waals surface area contributed by atoms with Crippen molar-refractivity contribution in [3.8, 4) is 11.5 Å². The Morgan fingerprint density at radius 3 is 2.42 bits per heavy atom. The quantitative estimate of drug-likeness (QED) is 0.639. The van der Waals surface area contributed by atoms with Crippen LogP contribution in [0.3, 0.4) is 0 Å². The number of nitrogens with zero attached hydrogens (tertiary/aromatic N) is 1. The summed E-state index contributed by atoms with van der Waals surface area (Å²) in [7, 11) is 0. The van der Waals surface area contributed by atoms with Crippen LogP contribution in [0, 0.1) is 0 Å². The Hall–Kier alpha value is -1.95. The lowest BCUT2D eigenvalue weighted by molar-refractivity contribution is -0.116. The summed E-state index contributed by atoms with van der Waals surface area (Å²) in [4.78, 5) is 14.5. The maximum Gasteiger partial charge on any atom is 0.224 e. The minimum absolute atomic E-state index is 0.0148. The molecule has 0 atom stereocenters. The number of anilines is 2.